The van der Waals surface area contributed by atoms with Crippen LogP contribution in [0.1, 0.15) is 12.5 Å². The molecule has 24 heavy (non-hydrogen) atoms. The first kappa shape index (κ1) is 17.5. The lowest BCUT2D eigenvalue weighted by molar-refractivity contribution is 0.202. The molecule has 0 heterocycles. The van der Waals surface area contributed by atoms with Gasteiger partial charge in [0.05, 0.1) is 11.4 Å². The van der Waals surface area contributed by atoms with Crippen LogP contribution in [0.3, 0.4) is 0 Å². The Labute approximate surface area is 136 Å². The minimum Gasteiger partial charge on any atom is -0.465 e. The van der Waals surface area contributed by atoms with Gasteiger partial charge in [0, 0.05) is 19.2 Å². The molecule has 0 saturated heterocycles. The number of nitrogen functional groups attached to an aromatic ring is 1. The molecule has 0 radical (unpaired) electrons. The number of hydrogen-bond acceptors (Lipinski definition) is 3. The number of hydrogen-bond donors (Lipinski definition) is 3. The molecule has 0 fully saturated rings. The lowest BCUT2D eigenvalue weighted by Crippen LogP contribution is -2.30. The third kappa shape index (κ3) is 3.53. The van der Waals surface area contributed by atoms with Crippen molar-refractivity contribution in [2.75, 3.05) is 22.5 Å². The summed E-state index contributed by atoms with van der Waals surface area (Å²) in [4.78, 5) is 11.8. The van der Waals surface area contributed by atoms with Crippen LogP contribution in [-0.2, 0) is 6.54 Å². The number of anilines is 3. The Hall–Kier alpha value is -2.90. The van der Waals surface area contributed by atoms with Gasteiger partial charge < -0.3 is 16.2 Å². The van der Waals surface area contributed by atoms with E-state index >= 15 is 0 Å². The first-order chi connectivity index (χ1) is 11.3. The van der Waals surface area contributed by atoms with Crippen molar-refractivity contribution in [3.05, 3.63) is 53.3 Å². The summed E-state index contributed by atoms with van der Waals surface area (Å²) in [6.45, 7) is 1.55. The van der Waals surface area contributed by atoms with Crippen molar-refractivity contribution in [2.24, 2.45) is 0 Å². The fraction of sp³-hybridized carbons (Fsp3) is 0.188. The van der Waals surface area contributed by atoms with Gasteiger partial charge in [0.2, 0.25) is 0 Å². The smallest absolute Gasteiger partial charge is 0.411 e. The Morgan fingerprint density at radius 1 is 1.25 bits per heavy atom. The number of halogens is 3. The van der Waals surface area contributed by atoms with Gasteiger partial charge in [0.25, 0.3) is 0 Å². The zero-order chi connectivity index (χ0) is 17.9. The van der Waals surface area contributed by atoms with Crippen LogP contribution in [0.15, 0.2) is 30.3 Å². The van der Waals surface area contributed by atoms with E-state index in [-0.39, 0.29) is 18.8 Å². The average Bonchev–Trinajstić information content (AvgIpc) is 2.54. The second-order valence-electron chi connectivity index (χ2n) is 4.99. The minimum atomic E-state index is -1.37. The molecule has 0 aliphatic rings. The van der Waals surface area contributed by atoms with Crippen LogP contribution in [0.25, 0.3) is 0 Å². The molecule has 5 nitrogen and oxygen atoms in total. The Morgan fingerprint density at radius 2 is 1.88 bits per heavy atom. The van der Waals surface area contributed by atoms with Gasteiger partial charge in [-0.2, -0.15) is 0 Å². The summed E-state index contributed by atoms with van der Waals surface area (Å²) in [6.07, 6.45) is -1.37. The van der Waals surface area contributed by atoms with E-state index in [2.05, 4.69) is 5.32 Å². The van der Waals surface area contributed by atoms with Gasteiger partial charge >= 0.3 is 6.09 Å². The molecule has 0 saturated carbocycles. The van der Waals surface area contributed by atoms with Crippen molar-refractivity contribution in [3.8, 4) is 0 Å². The van der Waals surface area contributed by atoms with Crippen LogP contribution in [0.4, 0.5) is 35.0 Å². The molecule has 4 N–H and O–H groups in total. The van der Waals surface area contributed by atoms with Gasteiger partial charge in [-0.25, -0.2) is 18.0 Å². The van der Waals surface area contributed by atoms with Gasteiger partial charge in [-0.1, -0.05) is 12.1 Å². The van der Waals surface area contributed by atoms with Crippen LogP contribution in [-0.4, -0.2) is 17.7 Å². The Kier molecular flexibility index (Phi) is 5.18. The lowest BCUT2D eigenvalue weighted by Gasteiger charge is -2.21. The summed E-state index contributed by atoms with van der Waals surface area (Å²) >= 11 is 0. The van der Waals surface area contributed by atoms with Crippen molar-refractivity contribution in [3.63, 3.8) is 0 Å². The Morgan fingerprint density at radius 3 is 2.42 bits per heavy atom. The molecule has 0 bridgehead atoms. The second kappa shape index (κ2) is 7.12. The molecule has 0 atom stereocenters. The maximum atomic E-state index is 14.3. The average molecular weight is 339 g/mol. The highest BCUT2D eigenvalue weighted by Gasteiger charge is 2.22. The van der Waals surface area contributed by atoms with Crippen LogP contribution < -0.4 is 16.0 Å². The predicted octanol–water partition coefficient (Wildman–Crippen LogP) is 3.80. The zero-order valence-corrected chi connectivity index (χ0v) is 12.8. The van der Waals surface area contributed by atoms with Crippen molar-refractivity contribution in [1.82, 2.24) is 0 Å². The van der Waals surface area contributed by atoms with E-state index in [4.69, 9.17) is 10.8 Å². The van der Waals surface area contributed by atoms with Gasteiger partial charge in [0.15, 0.2) is 11.6 Å². The maximum Gasteiger partial charge on any atom is 0.411 e. The third-order valence-corrected chi connectivity index (χ3v) is 3.45. The fourth-order valence-electron chi connectivity index (χ4n) is 2.21. The number of nitrogens with one attached hydrogen (secondary N) is 1. The summed E-state index contributed by atoms with van der Waals surface area (Å²) in [5.74, 6) is -2.47. The highest BCUT2D eigenvalue weighted by molar-refractivity contribution is 5.91. The largest absolute Gasteiger partial charge is 0.465 e. The molecule has 0 aliphatic heterocycles. The van der Waals surface area contributed by atoms with Gasteiger partial charge in [-0.05, 0) is 24.6 Å². The number of carbonyl (C=O) groups is 1. The summed E-state index contributed by atoms with van der Waals surface area (Å²) in [7, 11) is 0. The highest BCUT2D eigenvalue weighted by atomic mass is 19.1. The number of nitrogens with zero attached hydrogens (tertiary/aromatic N) is 1. The molecule has 8 heteroatoms. The summed E-state index contributed by atoms with van der Waals surface area (Å²) in [5.41, 5.74) is 5.03. The van der Waals surface area contributed by atoms with Crippen molar-refractivity contribution >= 4 is 23.2 Å². The number of rotatable bonds is 5. The quantitative estimate of drug-likeness (QED) is 0.724. The number of nitrogens with two attached hydrogens (primary N) is 1. The first-order valence-corrected chi connectivity index (χ1v) is 7.11. The number of benzene rings is 2. The molecule has 0 aliphatic carbocycles. The number of carboxylic acid groups (broad SMARTS) is 1. The second-order valence-corrected chi connectivity index (χ2v) is 4.99. The molecular formula is C16H16F3N3O2. The Bertz CT molecular complexity index is 751. The molecule has 0 unspecified atom stereocenters. The molecule has 1 amide bonds. The maximum absolute atomic E-state index is 14.3. The van der Waals surface area contributed by atoms with Crippen LogP contribution in [0.2, 0.25) is 0 Å². The summed E-state index contributed by atoms with van der Waals surface area (Å²) in [6, 6.07) is 6.27. The van der Waals surface area contributed by atoms with Crippen LogP contribution in [0, 0.1) is 17.5 Å². The predicted molar refractivity (Wildman–Crippen MR) is 85.5 cm³/mol. The fourth-order valence-corrected chi connectivity index (χ4v) is 2.21. The van der Waals surface area contributed by atoms with E-state index in [0.717, 1.165) is 11.0 Å². The van der Waals surface area contributed by atoms with E-state index in [1.165, 1.54) is 31.2 Å². The first-order valence-electron chi connectivity index (χ1n) is 7.11. The molecule has 0 aromatic heterocycles. The molecule has 2 aromatic carbocycles. The molecule has 2 rings (SSSR count). The number of amides is 1. The SMILES string of the molecule is CCN(C(=O)O)c1cc(F)c(NCc2ccc(F)cc2)c(F)c1N. The van der Waals surface area contributed by atoms with Crippen LogP contribution >= 0.6 is 0 Å². The Balaban J connectivity index is 2.30. The van der Waals surface area contributed by atoms with E-state index in [9.17, 15) is 18.0 Å². The molecule has 128 valence electrons. The molecular weight excluding hydrogens is 323 g/mol. The van der Waals surface area contributed by atoms with E-state index in [1.807, 2.05) is 0 Å². The van der Waals surface area contributed by atoms with E-state index < -0.39 is 34.9 Å². The topological polar surface area (TPSA) is 78.6 Å². The van der Waals surface area contributed by atoms with Crippen molar-refractivity contribution in [2.45, 2.75) is 13.5 Å². The van der Waals surface area contributed by atoms with Crippen LogP contribution in [0.5, 0.6) is 0 Å². The lowest BCUT2D eigenvalue weighted by atomic mass is 10.1. The summed E-state index contributed by atoms with van der Waals surface area (Å²) < 4.78 is 41.4. The zero-order valence-electron chi connectivity index (χ0n) is 12.8. The molecule has 0 spiro atoms. The van der Waals surface area contributed by atoms with E-state index in [0.29, 0.717) is 5.56 Å². The normalized spacial score (nSPS) is 10.5. The van der Waals surface area contributed by atoms with Crippen molar-refractivity contribution in [1.29, 1.82) is 0 Å². The third-order valence-electron chi connectivity index (χ3n) is 3.45. The standard InChI is InChI=1S/C16H16F3N3O2/c1-2-22(16(23)24)12-7-11(18)15(13(19)14(12)20)21-8-9-3-5-10(17)6-4-9/h3-7,21H,2,8,20H2,1H3,(H,23,24). The monoisotopic (exact) mass is 339 g/mol. The van der Waals surface area contributed by atoms with Crippen molar-refractivity contribution < 1.29 is 23.1 Å². The minimum absolute atomic E-state index is 0.0131. The van der Waals surface area contributed by atoms with Gasteiger partial charge in [-0.15, -0.1) is 0 Å². The summed E-state index contributed by atoms with van der Waals surface area (Å²) in [5, 5.41) is 11.6. The van der Waals surface area contributed by atoms with Gasteiger partial charge in [-0.3, -0.25) is 4.90 Å². The highest BCUT2D eigenvalue weighted by Crippen LogP contribution is 2.33. The van der Waals surface area contributed by atoms with Gasteiger partial charge in [0.1, 0.15) is 11.5 Å². The molecule has 2 aromatic rings. The van der Waals surface area contributed by atoms with E-state index in [1.54, 1.807) is 0 Å².